The molecule has 1 aliphatic heterocycles. The number of benzene rings is 2. The van der Waals surface area contributed by atoms with Crippen molar-refractivity contribution in [3.8, 4) is 11.5 Å². The maximum absolute atomic E-state index is 13.9. The number of nitrogens with zero attached hydrogens (tertiary/aromatic N) is 1. The van der Waals surface area contributed by atoms with Crippen molar-refractivity contribution < 1.29 is 29.0 Å². The van der Waals surface area contributed by atoms with Crippen molar-refractivity contribution in [3.63, 3.8) is 0 Å². The van der Waals surface area contributed by atoms with Gasteiger partial charge in [0.1, 0.15) is 13.2 Å². The minimum absolute atomic E-state index is 0.0634. The number of hydrogen-bond donors (Lipinski definition) is 1. The third-order valence-corrected chi connectivity index (χ3v) is 8.90. The molecular formula is C34H37Cl2NO6. The molecule has 0 fully saturated rings. The van der Waals surface area contributed by atoms with Crippen molar-refractivity contribution >= 4 is 40.7 Å². The molecule has 0 spiro atoms. The summed E-state index contributed by atoms with van der Waals surface area (Å²) in [5.41, 5.74) is 3.23. The number of Topliss-reactive ketones (excluding diaryl/α,β-unsaturated/α-hetero) is 2. The van der Waals surface area contributed by atoms with Crippen LogP contribution in [0.3, 0.4) is 0 Å². The average Bonchev–Trinajstić information content (AvgIpc) is 2.88. The predicted octanol–water partition coefficient (Wildman–Crippen LogP) is 7.74. The molecule has 2 aromatic rings. The zero-order valence-electron chi connectivity index (χ0n) is 25.2. The maximum Gasteiger partial charge on any atom is 0.323 e. The lowest BCUT2D eigenvalue weighted by molar-refractivity contribution is -0.138. The van der Waals surface area contributed by atoms with Crippen molar-refractivity contribution in [3.05, 3.63) is 80.1 Å². The van der Waals surface area contributed by atoms with E-state index in [1.165, 1.54) is 0 Å². The van der Waals surface area contributed by atoms with E-state index in [2.05, 4.69) is 0 Å². The Morgan fingerprint density at radius 3 is 2.02 bits per heavy atom. The second-order valence-electron chi connectivity index (χ2n) is 13.2. The third-order valence-electron chi connectivity index (χ3n) is 8.31. The molecule has 2 aliphatic carbocycles. The zero-order valence-corrected chi connectivity index (χ0v) is 26.7. The molecule has 0 amide bonds. The molecule has 0 saturated heterocycles. The first-order valence-corrected chi connectivity index (χ1v) is 15.3. The Morgan fingerprint density at radius 1 is 0.884 bits per heavy atom. The van der Waals surface area contributed by atoms with Crippen LogP contribution in [0.1, 0.15) is 77.3 Å². The molecule has 2 aromatic carbocycles. The van der Waals surface area contributed by atoms with Crippen LogP contribution in [0, 0.1) is 10.8 Å². The standard InChI is InChI=1S/C34H37Cl2NO6/c1-6-42-28-11-19(8-10-27(28)43-18-20-7-9-21(35)12-22(20)36)30-31-23(13-33(2,3)15-25(31)38)37(17-29(40)41)24-14-34(4,5)16-26(39)32(24)30/h7-12,30H,6,13-18H2,1-5H3,(H,40,41). The van der Waals surface area contributed by atoms with E-state index >= 15 is 0 Å². The molecular weight excluding hydrogens is 589 g/mol. The summed E-state index contributed by atoms with van der Waals surface area (Å²) in [5.74, 6) is -0.783. The van der Waals surface area contributed by atoms with Gasteiger partial charge in [0.2, 0.25) is 0 Å². The SMILES string of the molecule is CCOc1cc(C2C3=C(CC(C)(C)CC3=O)N(CC(=O)O)C3=C2C(=O)CC(C)(C)C3)ccc1OCc1ccc(Cl)cc1Cl. The molecule has 43 heavy (non-hydrogen) atoms. The molecule has 228 valence electrons. The summed E-state index contributed by atoms with van der Waals surface area (Å²) in [4.78, 5) is 41.7. The van der Waals surface area contributed by atoms with Crippen LogP contribution in [0.2, 0.25) is 10.0 Å². The fourth-order valence-electron chi connectivity index (χ4n) is 6.59. The van der Waals surface area contributed by atoms with Gasteiger partial charge in [0.15, 0.2) is 23.1 Å². The average molecular weight is 627 g/mol. The monoisotopic (exact) mass is 625 g/mol. The summed E-state index contributed by atoms with van der Waals surface area (Å²) in [6.07, 6.45) is 1.69. The van der Waals surface area contributed by atoms with Crippen molar-refractivity contribution in [2.45, 2.75) is 72.8 Å². The lowest BCUT2D eigenvalue weighted by atomic mass is 9.63. The number of carbonyl (C=O) groups excluding carboxylic acids is 2. The van der Waals surface area contributed by atoms with Crippen LogP contribution in [-0.4, -0.2) is 40.7 Å². The van der Waals surface area contributed by atoms with Gasteiger partial charge in [-0.15, -0.1) is 0 Å². The molecule has 7 nitrogen and oxygen atoms in total. The van der Waals surface area contributed by atoms with E-state index < -0.39 is 11.9 Å². The Morgan fingerprint density at radius 2 is 1.49 bits per heavy atom. The molecule has 5 rings (SSSR count). The van der Waals surface area contributed by atoms with Gasteiger partial charge in [-0.1, -0.05) is 63.0 Å². The Balaban J connectivity index is 1.64. The van der Waals surface area contributed by atoms with Crippen molar-refractivity contribution in [2.24, 2.45) is 10.8 Å². The molecule has 0 radical (unpaired) electrons. The summed E-state index contributed by atoms with van der Waals surface area (Å²) in [5, 5.41) is 10.9. The molecule has 0 unspecified atom stereocenters. The summed E-state index contributed by atoms with van der Waals surface area (Å²) in [7, 11) is 0. The lowest BCUT2D eigenvalue weighted by Crippen LogP contribution is -2.45. The number of allylic oxidation sites excluding steroid dienone is 4. The molecule has 3 aliphatic rings. The largest absolute Gasteiger partial charge is 0.490 e. The van der Waals surface area contributed by atoms with Crippen LogP contribution >= 0.6 is 23.2 Å². The molecule has 9 heteroatoms. The number of ketones is 2. The van der Waals surface area contributed by atoms with E-state index in [-0.39, 0.29) is 35.5 Å². The number of rotatable bonds is 8. The van der Waals surface area contributed by atoms with Gasteiger partial charge in [-0.2, -0.15) is 0 Å². The van der Waals surface area contributed by atoms with Gasteiger partial charge in [-0.05, 0) is 60.4 Å². The quantitative estimate of drug-likeness (QED) is 0.320. The van der Waals surface area contributed by atoms with E-state index in [0.717, 1.165) is 11.1 Å². The number of halogens is 2. The second kappa shape index (κ2) is 11.7. The Kier molecular flexibility index (Phi) is 8.45. The first kappa shape index (κ1) is 31.1. The molecule has 1 N–H and O–H groups in total. The Bertz CT molecular complexity index is 1520. The van der Waals surface area contributed by atoms with Crippen LogP contribution in [0.15, 0.2) is 58.9 Å². The Hall–Kier alpha value is -3.29. The second-order valence-corrected chi connectivity index (χ2v) is 14.0. The summed E-state index contributed by atoms with van der Waals surface area (Å²) in [6, 6.07) is 10.7. The Labute approximate surface area is 262 Å². The fourth-order valence-corrected chi connectivity index (χ4v) is 7.06. The number of carbonyl (C=O) groups is 3. The molecule has 0 atom stereocenters. The number of carboxylic acids is 1. The van der Waals surface area contributed by atoms with E-state index in [1.54, 1.807) is 29.2 Å². The number of aliphatic carboxylic acids is 1. The summed E-state index contributed by atoms with van der Waals surface area (Å²) < 4.78 is 12.1. The van der Waals surface area contributed by atoms with Gasteiger partial charge in [0.25, 0.3) is 0 Å². The van der Waals surface area contributed by atoms with Gasteiger partial charge in [0.05, 0.1) is 6.61 Å². The highest BCUT2D eigenvalue weighted by Gasteiger charge is 2.49. The highest BCUT2D eigenvalue weighted by Crippen LogP contribution is 2.55. The lowest BCUT2D eigenvalue weighted by Gasteiger charge is -2.48. The van der Waals surface area contributed by atoms with Crippen LogP contribution < -0.4 is 9.47 Å². The predicted molar refractivity (Wildman–Crippen MR) is 166 cm³/mol. The molecule has 0 saturated carbocycles. The topological polar surface area (TPSA) is 93.1 Å². The number of ether oxygens (including phenoxy) is 2. The summed E-state index contributed by atoms with van der Waals surface area (Å²) >= 11 is 12.4. The molecule has 1 heterocycles. The van der Waals surface area contributed by atoms with Crippen LogP contribution in [0.4, 0.5) is 0 Å². The van der Waals surface area contributed by atoms with Crippen LogP contribution in [0.5, 0.6) is 11.5 Å². The zero-order chi connectivity index (χ0) is 31.3. The summed E-state index contributed by atoms with van der Waals surface area (Å²) in [6.45, 7) is 10.2. The van der Waals surface area contributed by atoms with E-state index in [4.69, 9.17) is 32.7 Å². The molecule has 0 bridgehead atoms. The van der Waals surface area contributed by atoms with Crippen molar-refractivity contribution in [1.29, 1.82) is 0 Å². The van der Waals surface area contributed by atoms with Crippen molar-refractivity contribution in [2.75, 3.05) is 13.2 Å². The van der Waals surface area contributed by atoms with Gasteiger partial charge >= 0.3 is 5.97 Å². The first-order chi connectivity index (χ1) is 20.2. The number of carboxylic acid groups (broad SMARTS) is 1. The van der Waals surface area contributed by atoms with E-state index in [1.807, 2.05) is 46.8 Å². The number of hydrogen-bond acceptors (Lipinski definition) is 6. The van der Waals surface area contributed by atoms with Gasteiger partial charge in [-0.3, -0.25) is 14.4 Å². The first-order valence-electron chi connectivity index (χ1n) is 14.5. The van der Waals surface area contributed by atoms with E-state index in [0.29, 0.717) is 76.4 Å². The van der Waals surface area contributed by atoms with Gasteiger partial charge < -0.3 is 19.5 Å². The normalized spacial score (nSPS) is 19.7. The smallest absolute Gasteiger partial charge is 0.323 e. The maximum atomic E-state index is 13.9. The minimum Gasteiger partial charge on any atom is -0.490 e. The third kappa shape index (κ3) is 6.34. The fraction of sp³-hybridized carbons (Fsp3) is 0.441. The van der Waals surface area contributed by atoms with Gasteiger partial charge in [0, 0.05) is 56.9 Å². The highest BCUT2D eigenvalue weighted by molar-refractivity contribution is 6.35. The van der Waals surface area contributed by atoms with Gasteiger partial charge in [-0.25, -0.2) is 0 Å². The van der Waals surface area contributed by atoms with E-state index in [9.17, 15) is 19.5 Å². The minimum atomic E-state index is -1.01. The van der Waals surface area contributed by atoms with Crippen LogP contribution in [-0.2, 0) is 21.0 Å². The van der Waals surface area contributed by atoms with Crippen molar-refractivity contribution in [1.82, 2.24) is 4.90 Å². The molecule has 0 aromatic heterocycles. The highest BCUT2D eigenvalue weighted by atomic mass is 35.5. The van der Waals surface area contributed by atoms with Crippen LogP contribution in [0.25, 0.3) is 0 Å².